The Balaban J connectivity index is 1.24. The molecule has 3 aromatic carbocycles. The van der Waals surface area contributed by atoms with Crippen LogP contribution in [0.3, 0.4) is 0 Å². The summed E-state index contributed by atoms with van der Waals surface area (Å²) in [7, 11) is 0. The quantitative estimate of drug-likeness (QED) is 0.0602. The molecule has 0 saturated carbocycles. The molecule has 0 bridgehead atoms. The first kappa shape index (κ1) is 35.1. The fourth-order valence-corrected chi connectivity index (χ4v) is 6.57. The van der Waals surface area contributed by atoms with E-state index in [2.05, 4.69) is 16.7 Å². The monoisotopic (exact) mass is 669 g/mol. The molecule has 10 heteroatoms. The number of thioether (sulfide) groups is 1. The van der Waals surface area contributed by atoms with Crippen molar-refractivity contribution >= 4 is 23.6 Å². The number of amides is 2. The smallest absolute Gasteiger partial charge is 0.251 e. The Bertz CT molecular complexity index is 1630. The van der Waals surface area contributed by atoms with Crippen LogP contribution in [0.2, 0.25) is 0 Å². The minimum atomic E-state index is -0.608. The number of nitrogens with zero attached hydrogens (tertiary/aromatic N) is 1. The Morgan fingerprint density at radius 1 is 0.896 bits per heavy atom. The van der Waals surface area contributed by atoms with Gasteiger partial charge in [-0.1, -0.05) is 91.0 Å². The Labute approximate surface area is 286 Å². The number of aliphatic hydroxyl groups is 1. The fourth-order valence-electron chi connectivity index (χ4n) is 5.64. The van der Waals surface area contributed by atoms with Crippen LogP contribution in [0.4, 0.5) is 0 Å². The Hall–Kier alpha value is -4.22. The van der Waals surface area contributed by atoms with Gasteiger partial charge in [-0.25, -0.2) is 0 Å². The summed E-state index contributed by atoms with van der Waals surface area (Å²) < 4.78 is 13.8. The minimum absolute atomic E-state index is 0.0110. The highest BCUT2D eigenvalue weighted by Crippen LogP contribution is 2.39. The predicted octanol–water partition coefficient (Wildman–Crippen LogP) is 6.13. The van der Waals surface area contributed by atoms with Gasteiger partial charge in [0.05, 0.1) is 18.8 Å². The highest BCUT2D eigenvalue weighted by molar-refractivity contribution is 7.99. The van der Waals surface area contributed by atoms with Gasteiger partial charge in [0.2, 0.25) is 11.8 Å². The van der Waals surface area contributed by atoms with E-state index < -0.39 is 6.29 Å². The van der Waals surface area contributed by atoms with Crippen LogP contribution < -0.4 is 15.4 Å². The number of ether oxygens (including phenoxy) is 2. The largest absolute Gasteiger partial charge is 0.618 e. The maximum absolute atomic E-state index is 12.5. The number of unbranched alkanes of at least 4 members (excludes halogenated alkanes) is 2. The number of aromatic nitrogens is 1. The summed E-state index contributed by atoms with van der Waals surface area (Å²) in [4.78, 5) is 23.5. The van der Waals surface area contributed by atoms with Gasteiger partial charge in [0, 0.05) is 56.3 Å². The molecule has 0 spiro atoms. The van der Waals surface area contributed by atoms with Gasteiger partial charge in [-0.05, 0) is 46.7 Å². The minimum Gasteiger partial charge on any atom is -0.618 e. The van der Waals surface area contributed by atoms with E-state index in [9.17, 15) is 19.9 Å². The maximum Gasteiger partial charge on any atom is 0.251 e. The second kappa shape index (κ2) is 17.8. The molecule has 5 rings (SSSR count). The molecule has 2 amide bonds. The predicted molar refractivity (Wildman–Crippen MR) is 185 cm³/mol. The van der Waals surface area contributed by atoms with Crippen molar-refractivity contribution in [3.05, 3.63) is 125 Å². The number of pyridine rings is 1. The molecule has 0 radical (unpaired) electrons. The van der Waals surface area contributed by atoms with Crippen molar-refractivity contribution in [2.24, 2.45) is 0 Å². The summed E-state index contributed by atoms with van der Waals surface area (Å²) in [6, 6.07) is 29.3. The molecule has 0 aliphatic carbocycles. The van der Waals surface area contributed by atoms with E-state index >= 15 is 0 Å². The standard InChI is InChI=1S/C38H43N3O6S/c1-27(43)39-21-7-2-3-11-36(44)40-24-32-9-4-5-10-34(32)29-17-19-31(20-18-29)38-46-33(26-48-37-12-6-8-22-41(37)45)23-35(47-38)30-15-13-28(25-42)14-16-30/h4-6,8-10,12-20,22,33,35,38,42H,2-3,7,11,21,23-26H2,1H3,(H,39,43)(H,40,44). The van der Waals surface area contributed by atoms with Gasteiger partial charge in [0.15, 0.2) is 12.5 Å². The highest BCUT2D eigenvalue weighted by atomic mass is 32.2. The zero-order valence-corrected chi connectivity index (χ0v) is 28.0. The summed E-state index contributed by atoms with van der Waals surface area (Å²) >= 11 is 1.46. The van der Waals surface area contributed by atoms with Crippen molar-refractivity contribution in [3.63, 3.8) is 0 Å². The third-order valence-electron chi connectivity index (χ3n) is 8.26. The average molecular weight is 670 g/mol. The lowest BCUT2D eigenvalue weighted by Gasteiger charge is -2.36. The van der Waals surface area contributed by atoms with Crippen molar-refractivity contribution in [1.82, 2.24) is 10.6 Å². The molecular weight excluding hydrogens is 627 g/mol. The second-order valence-corrected chi connectivity index (χ2v) is 12.9. The van der Waals surface area contributed by atoms with Crippen LogP contribution in [0.15, 0.2) is 102 Å². The number of nitrogens with one attached hydrogen (secondary N) is 2. The molecule has 1 aromatic heterocycles. The van der Waals surface area contributed by atoms with Crippen LogP contribution in [0.5, 0.6) is 0 Å². The second-order valence-electron chi connectivity index (χ2n) is 11.9. The fraction of sp³-hybridized carbons (Fsp3) is 0.342. The lowest BCUT2D eigenvalue weighted by atomic mass is 9.97. The molecular formula is C38H43N3O6S. The molecule has 2 heterocycles. The van der Waals surface area contributed by atoms with Gasteiger partial charge in [0.25, 0.3) is 5.03 Å². The molecule has 4 aromatic rings. The van der Waals surface area contributed by atoms with E-state index in [0.717, 1.165) is 57.4 Å². The zero-order chi connectivity index (χ0) is 33.7. The van der Waals surface area contributed by atoms with E-state index in [1.54, 1.807) is 12.1 Å². The summed E-state index contributed by atoms with van der Waals surface area (Å²) in [5.74, 6) is 0.567. The number of carbonyl (C=O) groups is 2. The van der Waals surface area contributed by atoms with Crippen molar-refractivity contribution in [3.8, 4) is 11.1 Å². The summed E-state index contributed by atoms with van der Waals surface area (Å²) in [5.41, 5.74) is 5.80. The van der Waals surface area contributed by atoms with Gasteiger partial charge in [-0.15, -0.1) is 0 Å². The lowest BCUT2D eigenvalue weighted by molar-refractivity contribution is -0.645. The molecule has 252 valence electrons. The topological polar surface area (TPSA) is 124 Å². The van der Waals surface area contributed by atoms with E-state index in [-0.39, 0.29) is 30.6 Å². The first-order valence-electron chi connectivity index (χ1n) is 16.4. The number of carbonyl (C=O) groups excluding carboxylic acids is 2. The van der Waals surface area contributed by atoms with Gasteiger partial charge < -0.3 is 30.4 Å². The Morgan fingerprint density at radius 3 is 2.40 bits per heavy atom. The van der Waals surface area contributed by atoms with Gasteiger partial charge >= 0.3 is 0 Å². The first-order chi connectivity index (χ1) is 23.4. The van der Waals surface area contributed by atoms with E-state index in [0.29, 0.717) is 36.7 Å². The molecule has 48 heavy (non-hydrogen) atoms. The van der Waals surface area contributed by atoms with E-state index in [1.165, 1.54) is 24.9 Å². The molecule has 1 aliphatic heterocycles. The third kappa shape index (κ3) is 10.1. The van der Waals surface area contributed by atoms with Crippen LogP contribution in [0, 0.1) is 5.21 Å². The molecule has 3 unspecified atom stereocenters. The summed E-state index contributed by atoms with van der Waals surface area (Å²) in [6.07, 6.45) is 4.09. The van der Waals surface area contributed by atoms with Crippen LogP contribution in [-0.4, -0.2) is 35.3 Å². The lowest BCUT2D eigenvalue weighted by Crippen LogP contribution is -2.32. The van der Waals surface area contributed by atoms with Crippen molar-refractivity contribution in [2.45, 2.75) is 75.7 Å². The van der Waals surface area contributed by atoms with Crippen molar-refractivity contribution in [2.75, 3.05) is 12.3 Å². The number of benzene rings is 3. The van der Waals surface area contributed by atoms with Crippen molar-refractivity contribution < 1.29 is 28.9 Å². The summed E-state index contributed by atoms with van der Waals surface area (Å²) in [5, 5.41) is 28.2. The van der Waals surface area contributed by atoms with Gasteiger partial charge in [-0.3, -0.25) is 9.59 Å². The maximum atomic E-state index is 12.5. The van der Waals surface area contributed by atoms with Crippen molar-refractivity contribution in [1.29, 1.82) is 0 Å². The van der Waals surface area contributed by atoms with Crippen LogP contribution in [0.1, 0.15) is 73.7 Å². The molecule has 3 N–H and O–H groups in total. The normalized spacial score (nSPS) is 17.5. The number of aliphatic hydroxyl groups excluding tert-OH is 1. The third-order valence-corrected chi connectivity index (χ3v) is 9.41. The van der Waals surface area contributed by atoms with Gasteiger partial charge in [0.1, 0.15) is 0 Å². The average Bonchev–Trinajstić information content (AvgIpc) is 3.12. The summed E-state index contributed by atoms with van der Waals surface area (Å²) in [6.45, 7) is 2.55. The van der Waals surface area contributed by atoms with Crippen LogP contribution in [0.25, 0.3) is 11.1 Å². The molecule has 1 saturated heterocycles. The molecule has 1 fully saturated rings. The Kier molecular flexibility index (Phi) is 13.0. The Morgan fingerprint density at radius 2 is 1.65 bits per heavy atom. The number of hydrogen-bond donors (Lipinski definition) is 3. The van der Waals surface area contributed by atoms with Crippen LogP contribution >= 0.6 is 11.8 Å². The zero-order valence-electron chi connectivity index (χ0n) is 27.2. The highest BCUT2D eigenvalue weighted by Gasteiger charge is 2.32. The molecule has 3 atom stereocenters. The van der Waals surface area contributed by atoms with E-state index in [4.69, 9.17) is 9.47 Å². The number of hydrogen-bond acceptors (Lipinski definition) is 7. The van der Waals surface area contributed by atoms with Gasteiger partial charge in [-0.2, -0.15) is 4.73 Å². The molecule has 9 nitrogen and oxygen atoms in total. The first-order valence-corrected chi connectivity index (χ1v) is 17.4. The number of rotatable bonds is 15. The van der Waals surface area contributed by atoms with E-state index in [1.807, 2.05) is 72.8 Å². The molecule has 1 aliphatic rings. The SMILES string of the molecule is CC(=O)NCCCCCC(=O)NCc1ccccc1-c1ccc(C2OC(CSc3cccc[n+]3[O-])CC(c3ccc(CO)cc3)O2)cc1. The van der Waals surface area contributed by atoms with Crippen LogP contribution in [-0.2, 0) is 32.2 Å².